The Morgan fingerprint density at radius 2 is 2.07 bits per heavy atom. The Labute approximate surface area is 91.9 Å². The van der Waals surface area contributed by atoms with Gasteiger partial charge in [-0.15, -0.1) is 0 Å². The molecule has 15 heavy (non-hydrogen) atoms. The Balaban J connectivity index is 2.78. The summed E-state index contributed by atoms with van der Waals surface area (Å²) < 4.78 is 0. The molecule has 0 unspecified atom stereocenters. The van der Waals surface area contributed by atoms with E-state index in [4.69, 9.17) is 0 Å². The average molecular weight is 199 g/mol. The summed E-state index contributed by atoms with van der Waals surface area (Å²) in [6.45, 7) is 10.1. The maximum Gasteiger partial charge on any atom is 0.0699 e. The number of hydrogen-bond acceptors (Lipinski definition) is 1. The fourth-order valence-corrected chi connectivity index (χ4v) is 1.16. The van der Waals surface area contributed by atoms with E-state index in [1.807, 2.05) is 37.3 Å². The zero-order valence-corrected chi connectivity index (χ0v) is 9.62. The number of aryl methyl sites for hydroxylation is 1. The van der Waals surface area contributed by atoms with Crippen LogP contribution >= 0.6 is 0 Å². The molecule has 0 aliphatic heterocycles. The molecule has 0 amide bonds. The topological polar surface area (TPSA) is 12.9 Å². The Bertz CT molecular complexity index is 407. The summed E-state index contributed by atoms with van der Waals surface area (Å²) in [7, 11) is 0. The molecule has 0 N–H and O–H groups in total. The number of rotatable bonds is 3. The van der Waals surface area contributed by atoms with Crippen molar-refractivity contribution in [2.45, 2.75) is 20.8 Å². The lowest BCUT2D eigenvalue weighted by Gasteiger charge is -1.99. The highest BCUT2D eigenvalue weighted by Crippen LogP contribution is 2.11. The Kier molecular flexibility index (Phi) is 4.04. The van der Waals surface area contributed by atoms with Crippen molar-refractivity contribution in [1.29, 1.82) is 0 Å². The predicted molar refractivity (Wildman–Crippen MR) is 66.6 cm³/mol. The standard InChI is InChI=1S/C14H17N/c1-11(2)7-5-8-12(3)14-10-6-9-13(4)15-14/h5-10H,3H2,1-2,4H3/b8-5-. The van der Waals surface area contributed by atoms with Gasteiger partial charge in [0, 0.05) is 5.69 Å². The van der Waals surface area contributed by atoms with Gasteiger partial charge in [-0.05, 0) is 38.5 Å². The number of hydrogen-bond donors (Lipinski definition) is 0. The first-order chi connectivity index (χ1) is 7.09. The van der Waals surface area contributed by atoms with Crippen LogP contribution in [-0.2, 0) is 0 Å². The summed E-state index contributed by atoms with van der Waals surface area (Å²) in [5.74, 6) is 0. The van der Waals surface area contributed by atoms with Crippen molar-refractivity contribution in [3.05, 3.63) is 60.0 Å². The van der Waals surface area contributed by atoms with E-state index in [2.05, 4.69) is 31.5 Å². The lowest BCUT2D eigenvalue weighted by molar-refractivity contribution is 1.17. The summed E-state index contributed by atoms with van der Waals surface area (Å²) in [4.78, 5) is 4.40. The molecule has 0 saturated carbocycles. The zero-order chi connectivity index (χ0) is 11.3. The van der Waals surface area contributed by atoms with Crippen LogP contribution in [-0.4, -0.2) is 4.98 Å². The maximum atomic E-state index is 4.40. The quantitative estimate of drug-likeness (QED) is 0.672. The second-order valence-corrected chi connectivity index (χ2v) is 3.79. The van der Waals surface area contributed by atoms with Crippen molar-refractivity contribution >= 4 is 5.57 Å². The van der Waals surface area contributed by atoms with Gasteiger partial charge in [0.25, 0.3) is 0 Å². The molecule has 0 bridgehead atoms. The molecule has 1 heterocycles. The lowest BCUT2D eigenvalue weighted by Crippen LogP contribution is -1.87. The van der Waals surface area contributed by atoms with E-state index in [0.29, 0.717) is 0 Å². The number of nitrogens with zero attached hydrogens (tertiary/aromatic N) is 1. The average Bonchev–Trinajstić information content (AvgIpc) is 2.17. The molecule has 1 aromatic heterocycles. The van der Waals surface area contributed by atoms with Crippen molar-refractivity contribution in [2.24, 2.45) is 0 Å². The summed E-state index contributed by atoms with van der Waals surface area (Å²) in [5, 5.41) is 0. The van der Waals surface area contributed by atoms with Crippen LogP contribution in [0.25, 0.3) is 5.57 Å². The maximum absolute atomic E-state index is 4.40. The molecule has 1 rings (SSSR count). The largest absolute Gasteiger partial charge is 0.253 e. The summed E-state index contributed by atoms with van der Waals surface area (Å²) in [6.07, 6.45) is 6.04. The van der Waals surface area contributed by atoms with Crippen molar-refractivity contribution in [3.63, 3.8) is 0 Å². The van der Waals surface area contributed by atoms with Crippen LogP contribution in [0.15, 0.2) is 48.6 Å². The van der Waals surface area contributed by atoms with Gasteiger partial charge in [-0.2, -0.15) is 0 Å². The molecule has 0 aliphatic carbocycles. The third-order valence-corrected chi connectivity index (χ3v) is 1.94. The molecule has 0 radical (unpaired) electrons. The van der Waals surface area contributed by atoms with Gasteiger partial charge < -0.3 is 0 Å². The van der Waals surface area contributed by atoms with Crippen molar-refractivity contribution in [2.75, 3.05) is 0 Å². The van der Waals surface area contributed by atoms with Gasteiger partial charge in [0.15, 0.2) is 0 Å². The summed E-state index contributed by atoms with van der Waals surface area (Å²) >= 11 is 0. The van der Waals surface area contributed by atoms with Crippen LogP contribution in [0.1, 0.15) is 25.2 Å². The van der Waals surface area contributed by atoms with Crippen LogP contribution in [0.5, 0.6) is 0 Å². The fraction of sp³-hybridized carbons (Fsp3) is 0.214. The van der Waals surface area contributed by atoms with Crippen LogP contribution in [0.2, 0.25) is 0 Å². The predicted octanol–water partition coefficient (Wildman–Crippen LogP) is 3.93. The number of aromatic nitrogens is 1. The molecule has 0 fully saturated rings. The third kappa shape index (κ3) is 3.94. The second kappa shape index (κ2) is 5.30. The molecular weight excluding hydrogens is 182 g/mol. The first-order valence-electron chi connectivity index (χ1n) is 5.04. The van der Waals surface area contributed by atoms with E-state index in [-0.39, 0.29) is 0 Å². The van der Waals surface area contributed by atoms with E-state index in [1.165, 1.54) is 5.57 Å². The summed E-state index contributed by atoms with van der Waals surface area (Å²) in [6, 6.07) is 5.95. The molecule has 1 aromatic rings. The minimum absolute atomic E-state index is 0.938. The minimum atomic E-state index is 0.938. The molecule has 0 aromatic carbocycles. The Morgan fingerprint density at radius 3 is 2.67 bits per heavy atom. The monoisotopic (exact) mass is 199 g/mol. The minimum Gasteiger partial charge on any atom is -0.253 e. The lowest BCUT2D eigenvalue weighted by atomic mass is 10.1. The van der Waals surface area contributed by atoms with Crippen molar-refractivity contribution in [1.82, 2.24) is 4.98 Å². The van der Waals surface area contributed by atoms with Gasteiger partial charge in [-0.1, -0.05) is 36.4 Å². The van der Waals surface area contributed by atoms with E-state index >= 15 is 0 Å². The first-order valence-corrected chi connectivity index (χ1v) is 5.04. The molecule has 1 heteroatoms. The Morgan fingerprint density at radius 1 is 1.33 bits per heavy atom. The molecule has 1 nitrogen and oxygen atoms in total. The highest BCUT2D eigenvalue weighted by molar-refractivity contribution is 5.69. The SMILES string of the molecule is C=C(/C=C\C=C(C)C)c1cccc(C)n1. The van der Waals surface area contributed by atoms with Crippen LogP contribution < -0.4 is 0 Å². The van der Waals surface area contributed by atoms with E-state index in [9.17, 15) is 0 Å². The molecule has 0 spiro atoms. The van der Waals surface area contributed by atoms with Crippen LogP contribution in [0.3, 0.4) is 0 Å². The molecular formula is C14H17N. The van der Waals surface area contributed by atoms with Gasteiger partial charge in [0.2, 0.25) is 0 Å². The fourth-order valence-electron chi connectivity index (χ4n) is 1.16. The van der Waals surface area contributed by atoms with Gasteiger partial charge in [-0.25, -0.2) is 0 Å². The second-order valence-electron chi connectivity index (χ2n) is 3.79. The van der Waals surface area contributed by atoms with Crippen LogP contribution in [0, 0.1) is 6.92 Å². The smallest absolute Gasteiger partial charge is 0.0699 e. The molecule has 0 aliphatic rings. The van der Waals surface area contributed by atoms with Gasteiger partial charge in [0.1, 0.15) is 0 Å². The van der Waals surface area contributed by atoms with E-state index in [0.717, 1.165) is 17.0 Å². The number of pyridine rings is 1. The van der Waals surface area contributed by atoms with Gasteiger partial charge in [0.05, 0.1) is 5.69 Å². The van der Waals surface area contributed by atoms with Gasteiger partial charge in [-0.3, -0.25) is 4.98 Å². The van der Waals surface area contributed by atoms with Crippen molar-refractivity contribution < 1.29 is 0 Å². The van der Waals surface area contributed by atoms with Crippen molar-refractivity contribution in [3.8, 4) is 0 Å². The molecule has 0 saturated heterocycles. The Hall–Kier alpha value is -1.63. The van der Waals surface area contributed by atoms with E-state index < -0.39 is 0 Å². The highest BCUT2D eigenvalue weighted by Gasteiger charge is 1.95. The molecule has 78 valence electrons. The van der Waals surface area contributed by atoms with E-state index in [1.54, 1.807) is 0 Å². The summed E-state index contributed by atoms with van der Waals surface area (Å²) in [5.41, 5.74) is 4.17. The van der Waals surface area contributed by atoms with Crippen LogP contribution in [0.4, 0.5) is 0 Å². The molecule has 0 atom stereocenters. The zero-order valence-electron chi connectivity index (χ0n) is 9.62. The highest BCUT2D eigenvalue weighted by atomic mass is 14.7. The first kappa shape index (κ1) is 11.4. The normalized spacial score (nSPS) is 10.3. The third-order valence-electron chi connectivity index (χ3n) is 1.94. The number of allylic oxidation sites excluding steroid dienone is 5. The van der Waals surface area contributed by atoms with Gasteiger partial charge >= 0.3 is 0 Å².